The topological polar surface area (TPSA) is 95.8 Å². The molecule has 0 bridgehead atoms. The van der Waals surface area contributed by atoms with Gasteiger partial charge in [-0.15, -0.1) is 4.40 Å². The number of carboxylic acid groups (broad SMARTS) is 1. The van der Waals surface area contributed by atoms with Gasteiger partial charge in [-0.05, 0) is 19.1 Å². The number of carboxylic acids is 1. The highest BCUT2D eigenvalue weighted by molar-refractivity contribution is 8.15. The Morgan fingerprint density at radius 2 is 2.11 bits per heavy atom. The number of nitrogens with one attached hydrogen (secondary N) is 1. The van der Waals surface area contributed by atoms with Crippen LogP contribution < -0.4 is 5.32 Å². The van der Waals surface area contributed by atoms with Gasteiger partial charge in [-0.25, -0.2) is 0 Å². The second kappa shape index (κ2) is 4.62. The van der Waals surface area contributed by atoms with E-state index < -0.39 is 21.2 Å². The molecule has 1 atom stereocenters. The van der Waals surface area contributed by atoms with E-state index in [-0.39, 0.29) is 10.1 Å². The van der Waals surface area contributed by atoms with Gasteiger partial charge in [0.1, 0.15) is 10.1 Å². The van der Waals surface area contributed by atoms with Crippen LogP contribution in [0.25, 0.3) is 0 Å². The van der Waals surface area contributed by atoms with E-state index in [2.05, 4.69) is 9.71 Å². The number of fused-ring (bicyclic) bond motifs is 1. The van der Waals surface area contributed by atoms with Crippen LogP contribution in [0.5, 0.6) is 0 Å². The Bertz CT molecular complexity index is 625. The second-order valence-corrected chi connectivity index (χ2v) is 6.49. The standard InChI is InChI=1S/C10H10N2O4S2/c1-6(9(13)14)17-10-11-7-4-2-3-5-8(7)18(15,16)12-10/h2-6H,1H3,(H,11,12)(H,13,14). The summed E-state index contributed by atoms with van der Waals surface area (Å²) in [7, 11) is -3.75. The highest BCUT2D eigenvalue weighted by atomic mass is 32.2. The normalized spacial score (nSPS) is 18.2. The zero-order chi connectivity index (χ0) is 13.3. The van der Waals surface area contributed by atoms with Crippen LogP contribution >= 0.6 is 11.8 Å². The molecule has 1 aliphatic rings. The fourth-order valence-electron chi connectivity index (χ4n) is 1.36. The minimum atomic E-state index is -3.75. The van der Waals surface area contributed by atoms with Crippen LogP contribution in [0, 0.1) is 0 Å². The van der Waals surface area contributed by atoms with Gasteiger partial charge in [-0.2, -0.15) is 8.42 Å². The van der Waals surface area contributed by atoms with Crippen molar-refractivity contribution in [2.45, 2.75) is 17.1 Å². The molecule has 1 aliphatic heterocycles. The second-order valence-electron chi connectivity index (χ2n) is 3.59. The number of hydrogen-bond acceptors (Lipinski definition) is 5. The fraction of sp³-hybridized carbons (Fsp3) is 0.200. The summed E-state index contributed by atoms with van der Waals surface area (Å²) in [6.45, 7) is 1.46. The molecular formula is C10H10N2O4S2. The van der Waals surface area contributed by atoms with Crippen molar-refractivity contribution in [3.63, 3.8) is 0 Å². The smallest absolute Gasteiger partial charge is 0.316 e. The van der Waals surface area contributed by atoms with Crippen molar-refractivity contribution in [3.8, 4) is 0 Å². The molecule has 8 heteroatoms. The zero-order valence-corrected chi connectivity index (χ0v) is 11.0. The predicted octanol–water partition coefficient (Wildman–Crippen LogP) is 1.36. The lowest BCUT2D eigenvalue weighted by Gasteiger charge is -2.18. The first-order valence-electron chi connectivity index (χ1n) is 5.00. The molecule has 18 heavy (non-hydrogen) atoms. The monoisotopic (exact) mass is 286 g/mol. The summed E-state index contributed by atoms with van der Waals surface area (Å²) in [6.07, 6.45) is 0. The molecule has 6 nitrogen and oxygen atoms in total. The number of carbonyl (C=O) groups is 1. The molecule has 0 fully saturated rings. The third kappa shape index (κ3) is 2.49. The van der Waals surface area contributed by atoms with Gasteiger partial charge in [0.25, 0.3) is 10.0 Å². The zero-order valence-electron chi connectivity index (χ0n) is 9.32. The van der Waals surface area contributed by atoms with Crippen molar-refractivity contribution in [1.29, 1.82) is 0 Å². The van der Waals surface area contributed by atoms with Gasteiger partial charge in [-0.1, -0.05) is 23.9 Å². The number of sulfonamides is 1. The first-order valence-corrected chi connectivity index (χ1v) is 7.32. The van der Waals surface area contributed by atoms with Crippen LogP contribution in [-0.4, -0.2) is 29.9 Å². The molecule has 0 aliphatic carbocycles. The van der Waals surface area contributed by atoms with Gasteiger partial charge < -0.3 is 10.4 Å². The molecule has 2 N–H and O–H groups in total. The molecule has 96 valence electrons. The van der Waals surface area contributed by atoms with Crippen LogP contribution in [0.4, 0.5) is 5.69 Å². The Morgan fingerprint density at radius 3 is 2.78 bits per heavy atom. The number of benzene rings is 1. The Hall–Kier alpha value is -1.54. The Labute approximate surface area is 108 Å². The molecule has 1 aromatic carbocycles. The molecule has 2 rings (SSSR count). The number of rotatable bonds is 2. The first-order chi connectivity index (χ1) is 8.40. The Balaban J connectivity index is 2.34. The minimum absolute atomic E-state index is 0.0728. The maximum absolute atomic E-state index is 11.8. The lowest BCUT2D eigenvalue weighted by Crippen LogP contribution is -2.23. The Morgan fingerprint density at radius 1 is 1.44 bits per heavy atom. The maximum atomic E-state index is 11.8. The highest BCUT2D eigenvalue weighted by Gasteiger charge is 2.26. The minimum Gasteiger partial charge on any atom is -0.480 e. The summed E-state index contributed by atoms with van der Waals surface area (Å²) >= 11 is 0.855. The van der Waals surface area contributed by atoms with Crippen molar-refractivity contribution in [2.75, 3.05) is 5.32 Å². The van der Waals surface area contributed by atoms with Crippen LogP contribution in [0.15, 0.2) is 33.6 Å². The molecule has 0 saturated heterocycles. The predicted molar refractivity (Wildman–Crippen MR) is 69.4 cm³/mol. The number of aliphatic carboxylic acids is 1. The number of para-hydroxylation sites is 1. The Kier molecular flexibility index (Phi) is 3.31. The van der Waals surface area contributed by atoms with E-state index in [4.69, 9.17) is 5.11 Å². The van der Waals surface area contributed by atoms with Crippen molar-refractivity contribution in [3.05, 3.63) is 24.3 Å². The van der Waals surface area contributed by atoms with Gasteiger partial charge >= 0.3 is 5.97 Å². The van der Waals surface area contributed by atoms with Gasteiger partial charge in [0, 0.05) is 0 Å². The van der Waals surface area contributed by atoms with Crippen molar-refractivity contribution >= 4 is 38.6 Å². The summed E-state index contributed by atoms with van der Waals surface area (Å²) < 4.78 is 27.2. The van der Waals surface area contributed by atoms with Crippen molar-refractivity contribution < 1.29 is 18.3 Å². The highest BCUT2D eigenvalue weighted by Crippen LogP contribution is 2.29. The lowest BCUT2D eigenvalue weighted by atomic mass is 10.3. The van der Waals surface area contributed by atoms with Crippen LogP contribution in [-0.2, 0) is 14.8 Å². The lowest BCUT2D eigenvalue weighted by molar-refractivity contribution is -0.136. The summed E-state index contributed by atoms with van der Waals surface area (Å²) in [5.41, 5.74) is 0.410. The van der Waals surface area contributed by atoms with Crippen LogP contribution in [0.1, 0.15) is 6.92 Å². The largest absolute Gasteiger partial charge is 0.480 e. The third-order valence-electron chi connectivity index (χ3n) is 2.25. The number of nitrogens with zero attached hydrogens (tertiary/aromatic N) is 1. The van der Waals surface area contributed by atoms with E-state index in [0.29, 0.717) is 5.69 Å². The van der Waals surface area contributed by atoms with Gasteiger partial charge in [0.2, 0.25) is 0 Å². The number of amidine groups is 1. The molecule has 1 aromatic rings. The molecule has 0 amide bonds. The number of thioether (sulfide) groups is 1. The van der Waals surface area contributed by atoms with E-state index in [1.54, 1.807) is 18.2 Å². The molecule has 1 unspecified atom stereocenters. The SMILES string of the molecule is CC(SC1=NS(=O)(=O)c2ccccc2N1)C(=O)O. The quantitative estimate of drug-likeness (QED) is 0.852. The number of hydrogen-bond donors (Lipinski definition) is 2. The summed E-state index contributed by atoms with van der Waals surface area (Å²) in [5, 5.41) is 10.9. The molecule has 0 saturated carbocycles. The summed E-state index contributed by atoms with van der Waals surface area (Å²) in [6, 6.07) is 6.35. The van der Waals surface area contributed by atoms with Crippen LogP contribution in [0.3, 0.4) is 0 Å². The molecule has 0 radical (unpaired) electrons. The third-order valence-corrected chi connectivity index (χ3v) is 4.67. The average molecular weight is 286 g/mol. The molecule has 0 spiro atoms. The van der Waals surface area contributed by atoms with E-state index in [1.807, 2.05) is 0 Å². The summed E-state index contributed by atoms with van der Waals surface area (Å²) in [4.78, 5) is 10.8. The van der Waals surface area contributed by atoms with Crippen molar-refractivity contribution in [2.24, 2.45) is 4.40 Å². The fourth-order valence-corrected chi connectivity index (χ4v) is 3.44. The van der Waals surface area contributed by atoms with E-state index >= 15 is 0 Å². The molecule has 0 aromatic heterocycles. The van der Waals surface area contributed by atoms with E-state index in [9.17, 15) is 13.2 Å². The average Bonchev–Trinajstić information content (AvgIpc) is 2.28. The maximum Gasteiger partial charge on any atom is 0.316 e. The van der Waals surface area contributed by atoms with Gasteiger partial charge in [0.15, 0.2) is 5.17 Å². The van der Waals surface area contributed by atoms with Gasteiger partial charge in [-0.3, -0.25) is 4.79 Å². The van der Waals surface area contributed by atoms with E-state index in [0.717, 1.165) is 11.8 Å². The van der Waals surface area contributed by atoms with Gasteiger partial charge in [0.05, 0.1) is 5.69 Å². The first kappa shape index (κ1) is 12.9. The van der Waals surface area contributed by atoms with Crippen molar-refractivity contribution in [1.82, 2.24) is 0 Å². The number of anilines is 1. The van der Waals surface area contributed by atoms with Crippen LogP contribution in [0.2, 0.25) is 0 Å². The molecule has 1 heterocycles. The molecular weight excluding hydrogens is 276 g/mol. The van der Waals surface area contributed by atoms with E-state index in [1.165, 1.54) is 13.0 Å². The summed E-state index contributed by atoms with van der Waals surface area (Å²) in [5.74, 6) is -1.03.